The molecule has 0 unspecified atom stereocenters. The molecule has 2 heterocycles. The second kappa shape index (κ2) is 7.97. The van der Waals surface area contributed by atoms with Crippen LogP contribution in [0.5, 0.6) is 0 Å². The van der Waals surface area contributed by atoms with Crippen molar-refractivity contribution in [1.29, 1.82) is 0 Å². The molecule has 2 fully saturated rings. The maximum absolute atomic E-state index is 12.9. The number of amides is 1. The molecule has 0 saturated carbocycles. The van der Waals surface area contributed by atoms with Crippen molar-refractivity contribution in [2.24, 2.45) is 0 Å². The zero-order valence-electron chi connectivity index (χ0n) is 16.1. The highest BCUT2D eigenvalue weighted by molar-refractivity contribution is 8.27. The standard InChI is InChI=1S/C22H23N3OS2/c1-23(2)17-9-11-19(12-10-17)25-21(26)20(28-22(25)27)15-16-5-7-18(8-6-16)24-13-3-4-14-24/h5-12,15H,3-4,13-14H2,1-2H3/b20-15+. The Morgan fingerprint density at radius 1 is 0.964 bits per heavy atom. The quantitative estimate of drug-likeness (QED) is 0.536. The predicted octanol–water partition coefficient (Wildman–Crippen LogP) is 4.76. The third-order valence-corrected chi connectivity index (χ3v) is 6.38. The molecule has 0 bridgehead atoms. The summed E-state index contributed by atoms with van der Waals surface area (Å²) in [7, 11) is 3.98. The summed E-state index contributed by atoms with van der Waals surface area (Å²) < 4.78 is 0.572. The zero-order valence-corrected chi connectivity index (χ0v) is 17.7. The molecule has 0 atom stereocenters. The minimum absolute atomic E-state index is 0.0591. The van der Waals surface area contributed by atoms with Crippen LogP contribution in [-0.4, -0.2) is 37.4 Å². The van der Waals surface area contributed by atoms with Gasteiger partial charge in [0, 0.05) is 38.6 Å². The summed E-state index contributed by atoms with van der Waals surface area (Å²) in [6, 6.07) is 16.3. The second-order valence-electron chi connectivity index (χ2n) is 7.21. The number of thiocarbonyl (C=S) groups is 1. The van der Waals surface area contributed by atoms with Gasteiger partial charge < -0.3 is 9.80 Å². The number of anilines is 3. The van der Waals surface area contributed by atoms with Gasteiger partial charge in [-0.1, -0.05) is 36.1 Å². The number of hydrogen-bond donors (Lipinski definition) is 0. The second-order valence-corrected chi connectivity index (χ2v) is 8.89. The molecule has 0 N–H and O–H groups in total. The molecule has 4 nitrogen and oxygen atoms in total. The Kier molecular flexibility index (Phi) is 5.42. The highest BCUT2D eigenvalue weighted by Gasteiger charge is 2.33. The van der Waals surface area contributed by atoms with Gasteiger partial charge in [-0.3, -0.25) is 9.69 Å². The number of benzene rings is 2. The number of carbonyl (C=O) groups is 1. The summed E-state index contributed by atoms with van der Waals surface area (Å²) in [5.41, 5.74) is 4.17. The van der Waals surface area contributed by atoms with Crippen LogP contribution in [0, 0.1) is 0 Å². The molecule has 2 aromatic carbocycles. The Hall–Kier alpha value is -2.31. The summed E-state index contributed by atoms with van der Waals surface area (Å²) in [6.45, 7) is 2.26. The van der Waals surface area contributed by atoms with E-state index < -0.39 is 0 Å². The molecule has 2 saturated heterocycles. The van der Waals surface area contributed by atoms with Crippen molar-refractivity contribution in [2.45, 2.75) is 12.8 Å². The molecule has 144 valence electrons. The Morgan fingerprint density at radius 3 is 2.18 bits per heavy atom. The smallest absolute Gasteiger partial charge is 0.270 e. The van der Waals surface area contributed by atoms with Crippen molar-refractivity contribution in [3.63, 3.8) is 0 Å². The van der Waals surface area contributed by atoms with Gasteiger partial charge in [-0.2, -0.15) is 0 Å². The lowest BCUT2D eigenvalue weighted by atomic mass is 10.1. The lowest BCUT2D eigenvalue weighted by Gasteiger charge is -2.17. The van der Waals surface area contributed by atoms with Gasteiger partial charge in [0.1, 0.15) is 0 Å². The first-order valence-corrected chi connectivity index (χ1v) is 10.7. The van der Waals surface area contributed by atoms with E-state index in [9.17, 15) is 4.79 Å². The molecule has 0 spiro atoms. The van der Waals surface area contributed by atoms with E-state index in [-0.39, 0.29) is 5.91 Å². The molecular weight excluding hydrogens is 386 g/mol. The van der Waals surface area contributed by atoms with Crippen LogP contribution in [0.2, 0.25) is 0 Å². The molecule has 0 aliphatic carbocycles. The predicted molar refractivity (Wildman–Crippen MR) is 124 cm³/mol. The third kappa shape index (κ3) is 3.80. The van der Waals surface area contributed by atoms with Crippen LogP contribution in [0.15, 0.2) is 53.4 Å². The molecule has 0 radical (unpaired) electrons. The van der Waals surface area contributed by atoms with E-state index in [4.69, 9.17) is 12.2 Å². The number of rotatable bonds is 4. The lowest BCUT2D eigenvalue weighted by molar-refractivity contribution is -0.113. The Balaban J connectivity index is 1.53. The first kappa shape index (κ1) is 19.0. The fourth-order valence-corrected chi connectivity index (χ4v) is 4.80. The highest BCUT2D eigenvalue weighted by atomic mass is 32.2. The summed E-state index contributed by atoms with van der Waals surface area (Å²) >= 11 is 6.84. The van der Waals surface area contributed by atoms with Crippen molar-refractivity contribution in [3.8, 4) is 0 Å². The monoisotopic (exact) mass is 409 g/mol. The maximum atomic E-state index is 12.9. The lowest BCUT2D eigenvalue weighted by Crippen LogP contribution is -2.27. The van der Waals surface area contributed by atoms with Crippen LogP contribution in [0.1, 0.15) is 18.4 Å². The zero-order chi connectivity index (χ0) is 19.7. The number of nitrogens with zero attached hydrogens (tertiary/aromatic N) is 3. The normalized spacial score (nSPS) is 18.4. The minimum Gasteiger partial charge on any atom is -0.378 e. The van der Waals surface area contributed by atoms with Crippen molar-refractivity contribution >= 4 is 57.3 Å². The van der Waals surface area contributed by atoms with E-state index in [0.29, 0.717) is 9.23 Å². The van der Waals surface area contributed by atoms with Crippen molar-refractivity contribution in [3.05, 3.63) is 59.0 Å². The minimum atomic E-state index is -0.0591. The highest BCUT2D eigenvalue weighted by Crippen LogP contribution is 2.36. The summed E-state index contributed by atoms with van der Waals surface area (Å²) in [5.74, 6) is -0.0591. The average Bonchev–Trinajstić information content (AvgIpc) is 3.31. The summed E-state index contributed by atoms with van der Waals surface area (Å²) in [6.07, 6.45) is 4.46. The molecule has 2 aromatic rings. The van der Waals surface area contributed by atoms with E-state index in [1.54, 1.807) is 4.90 Å². The van der Waals surface area contributed by atoms with Gasteiger partial charge in [0.05, 0.1) is 10.6 Å². The maximum Gasteiger partial charge on any atom is 0.270 e. The topological polar surface area (TPSA) is 26.8 Å². The van der Waals surface area contributed by atoms with Gasteiger partial charge in [0.2, 0.25) is 0 Å². The third-order valence-electron chi connectivity index (χ3n) is 5.08. The molecule has 1 amide bonds. The van der Waals surface area contributed by atoms with Crippen molar-refractivity contribution in [1.82, 2.24) is 0 Å². The fourth-order valence-electron chi connectivity index (χ4n) is 3.50. The molecule has 2 aliphatic heterocycles. The first-order chi connectivity index (χ1) is 13.5. The van der Waals surface area contributed by atoms with Gasteiger partial charge in [0.25, 0.3) is 5.91 Å². The van der Waals surface area contributed by atoms with E-state index in [1.807, 2.05) is 49.3 Å². The molecular formula is C22H23N3OS2. The van der Waals surface area contributed by atoms with E-state index in [0.717, 1.165) is 30.0 Å². The molecule has 0 aromatic heterocycles. The van der Waals surface area contributed by atoms with E-state index in [1.165, 1.54) is 30.3 Å². The number of thioether (sulfide) groups is 1. The summed E-state index contributed by atoms with van der Waals surface area (Å²) in [4.78, 5) is 19.7. The Bertz CT molecular complexity index is 914. The van der Waals surface area contributed by atoms with Crippen LogP contribution in [-0.2, 0) is 4.79 Å². The van der Waals surface area contributed by atoms with E-state index in [2.05, 4.69) is 29.2 Å². The number of hydrogen-bond acceptors (Lipinski definition) is 5. The van der Waals surface area contributed by atoms with E-state index >= 15 is 0 Å². The van der Waals surface area contributed by atoms with Gasteiger partial charge in [0.15, 0.2) is 4.32 Å². The van der Waals surface area contributed by atoms with Crippen LogP contribution >= 0.6 is 24.0 Å². The average molecular weight is 410 g/mol. The van der Waals surface area contributed by atoms with Crippen LogP contribution in [0.25, 0.3) is 6.08 Å². The SMILES string of the molecule is CN(C)c1ccc(N2C(=O)/C(=C\c3ccc(N4CCCC4)cc3)SC2=S)cc1. The molecule has 4 rings (SSSR count). The molecule has 28 heavy (non-hydrogen) atoms. The number of carbonyl (C=O) groups excluding carboxylic acids is 1. The fraction of sp³-hybridized carbons (Fsp3) is 0.273. The van der Waals surface area contributed by atoms with Gasteiger partial charge in [-0.25, -0.2) is 0 Å². The Labute approximate surface area is 175 Å². The van der Waals surface area contributed by atoms with Gasteiger partial charge in [-0.05, 0) is 60.9 Å². The van der Waals surface area contributed by atoms with Gasteiger partial charge >= 0.3 is 0 Å². The van der Waals surface area contributed by atoms with Gasteiger partial charge in [-0.15, -0.1) is 0 Å². The molecule has 6 heteroatoms. The van der Waals surface area contributed by atoms with Crippen LogP contribution in [0.4, 0.5) is 17.1 Å². The Morgan fingerprint density at radius 2 is 1.57 bits per heavy atom. The largest absolute Gasteiger partial charge is 0.378 e. The summed E-state index contributed by atoms with van der Waals surface area (Å²) in [5, 5.41) is 0. The first-order valence-electron chi connectivity index (χ1n) is 9.43. The van der Waals surface area contributed by atoms with Crippen molar-refractivity contribution in [2.75, 3.05) is 41.9 Å². The van der Waals surface area contributed by atoms with Crippen molar-refractivity contribution < 1.29 is 4.79 Å². The molecule has 2 aliphatic rings. The van der Waals surface area contributed by atoms with Crippen LogP contribution in [0.3, 0.4) is 0 Å². The van der Waals surface area contributed by atoms with Crippen LogP contribution < -0.4 is 14.7 Å².